The number of hydrazine groups is 1. The van der Waals surface area contributed by atoms with Crippen molar-refractivity contribution in [2.45, 2.75) is 18.5 Å². The third-order valence-corrected chi connectivity index (χ3v) is 13.3. The second-order valence-corrected chi connectivity index (χ2v) is 16.2. The Balaban J connectivity index is 0.939. The van der Waals surface area contributed by atoms with Crippen LogP contribution in [-0.4, -0.2) is 32.3 Å². The molecule has 2 saturated heterocycles. The van der Waals surface area contributed by atoms with Crippen LogP contribution in [0.2, 0.25) is 0 Å². The lowest BCUT2D eigenvalue weighted by molar-refractivity contribution is 0.323. The van der Waals surface area contributed by atoms with Crippen LogP contribution >= 0.6 is 11.3 Å². The number of hydrogen-bond donors (Lipinski definition) is 2. The Morgan fingerprint density at radius 3 is 2.02 bits per heavy atom. The van der Waals surface area contributed by atoms with E-state index in [2.05, 4.69) is 206 Å². The summed E-state index contributed by atoms with van der Waals surface area (Å²) in [6.45, 7) is 0.834. The Kier molecular flexibility index (Phi) is 7.81. The minimum atomic E-state index is 0.0322. The van der Waals surface area contributed by atoms with Crippen LogP contribution in [0.25, 0.3) is 70.3 Å². The number of aromatic nitrogens is 2. The summed E-state index contributed by atoms with van der Waals surface area (Å²) in [5, 5.41) is 16.2. The Morgan fingerprint density at radius 1 is 0.569 bits per heavy atom. The Bertz CT molecular complexity index is 3040. The van der Waals surface area contributed by atoms with E-state index in [4.69, 9.17) is 0 Å². The van der Waals surface area contributed by atoms with Crippen LogP contribution in [0, 0.1) is 0 Å². The van der Waals surface area contributed by atoms with Crippen molar-refractivity contribution in [1.29, 1.82) is 0 Å². The Labute approximate surface area is 340 Å². The summed E-state index contributed by atoms with van der Waals surface area (Å²) in [4.78, 5) is 5.50. The standard InChI is InChI=1S/C51H38N6S/c1-3-9-35(10-4-1)45-42-23-24-44-46(48(42)58-47(45)36-11-5-2-6-12-36)41-13-7-8-14-43(41)55(44)40-21-19-37(20-22-40)49-54-50(38-27-31-53-32-28-38)57-51(56(49)57)39-17-15-33(16-18-39)34-25-29-52-30-26-34/h1-31,49-51,53-54H,32H2. The monoisotopic (exact) mass is 766 g/mol. The van der Waals surface area contributed by atoms with E-state index in [0.717, 1.165) is 12.2 Å². The van der Waals surface area contributed by atoms with Crippen molar-refractivity contribution >= 4 is 43.2 Å². The van der Waals surface area contributed by atoms with E-state index >= 15 is 0 Å². The molecule has 6 nitrogen and oxygen atoms in total. The highest BCUT2D eigenvalue weighted by Gasteiger charge is 2.60. The van der Waals surface area contributed by atoms with Crippen LogP contribution < -0.4 is 10.6 Å². The number of hydrogen-bond acceptors (Lipinski definition) is 6. The van der Waals surface area contributed by atoms with Gasteiger partial charge in [-0.25, -0.2) is 0 Å². The van der Waals surface area contributed by atoms with Crippen molar-refractivity contribution in [2.24, 2.45) is 0 Å². The van der Waals surface area contributed by atoms with Gasteiger partial charge >= 0.3 is 0 Å². The second-order valence-electron chi connectivity index (χ2n) is 15.2. The van der Waals surface area contributed by atoms with Gasteiger partial charge in [-0.2, -0.15) is 10.0 Å². The third kappa shape index (κ3) is 5.32. The molecule has 58 heavy (non-hydrogen) atoms. The van der Waals surface area contributed by atoms with Crippen molar-refractivity contribution < 1.29 is 0 Å². The van der Waals surface area contributed by atoms with Crippen LogP contribution in [-0.2, 0) is 0 Å². The summed E-state index contributed by atoms with van der Waals surface area (Å²) >= 11 is 1.91. The second kappa shape index (κ2) is 13.5. The molecule has 3 aliphatic heterocycles. The molecule has 0 radical (unpaired) electrons. The molecule has 7 heteroatoms. The van der Waals surface area contributed by atoms with Crippen LogP contribution in [0.1, 0.15) is 23.5 Å². The van der Waals surface area contributed by atoms with Crippen LogP contribution in [0.4, 0.5) is 0 Å². The average molecular weight is 767 g/mol. The zero-order valence-electron chi connectivity index (χ0n) is 31.5. The Hall–Kier alpha value is -6.61. The summed E-state index contributed by atoms with van der Waals surface area (Å²) in [6.07, 6.45) is 10.6. The van der Waals surface area contributed by atoms with Gasteiger partial charge < -0.3 is 9.88 Å². The van der Waals surface area contributed by atoms with Gasteiger partial charge in [0, 0.05) is 55.9 Å². The lowest BCUT2D eigenvalue weighted by atomic mass is 9.98. The van der Waals surface area contributed by atoms with E-state index in [1.807, 2.05) is 23.7 Å². The predicted molar refractivity (Wildman–Crippen MR) is 238 cm³/mol. The molecule has 0 bridgehead atoms. The molecule has 6 aromatic carbocycles. The SMILES string of the molecule is C1=CC(C2NC(c3ccc(-n4c5ccccc5c5c6sc(-c7ccccc7)c(-c7ccccc7)c6ccc54)cc3)N3C(c4ccc(-c5ccncc5)cc4)N23)=CCN1. The highest BCUT2D eigenvalue weighted by Crippen LogP contribution is 2.55. The minimum absolute atomic E-state index is 0.0322. The van der Waals surface area contributed by atoms with Gasteiger partial charge in [-0.3, -0.25) is 10.3 Å². The van der Waals surface area contributed by atoms with Crippen molar-refractivity contribution in [3.8, 4) is 38.4 Å². The summed E-state index contributed by atoms with van der Waals surface area (Å²) in [5.74, 6) is 0. The largest absolute Gasteiger partial charge is 0.387 e. The first-order valence-corrected chi connectivity index (χ1v) is 20.7. The van der Waals surface area contributed by atoms with Crippen LogP contribution in [0.3, 0.4) is 0 Å². The molecule has 3 aromatic heterocycles. The molecular weight excluding hydrogens is 729 g/mol. The molecule has 5 atom stereocenters. The number of nitrogens with one attached hydrogen (secondary N) is 2. The zero-order valence-corrected chi connectivity index (χ0v) is 32.4. The maximum absolute atomic E-state index is 4.20. The zero-order chi connectivity index (χ0) is 38.2. The number of nitrogens with zero attached hydrogens (tertiary/aromatic N) is 4. The van der Waals surface area contributed by atoms with Gasteiger partial charge in [0.1, 0.15) is 18.5 Å². The fraction of sp³-hybridized carbons (Fsp3) is 0.0784. The van der Waals surface area contributed by atoms with Crippen molar-refractivity contribution in [3.63, 3.8) is 0 Å². The van der Waals surface area contributed by atoms with Crippen LogP contribution in [0.15, 0.2) is 194 Å². The van der Waals surface area contributed by atoms with E-state index in [1.54, 1.807) is 0 Å². The van der Waals surface area contributed by atoms with Crippen LogP contribution in [0.5, 0.6) is 0 Å². The fourth-order valence-corrected chi connectivity index (χ4v) is 10.7. The summed E-state index contributed by atoms with van der Waals surface area (Å²) in [6, 6.07) is 57.7. The lowest BCUT2D eigenvalue weighted by Crippen LogP contribution is -2.36. The molecular formula is C51H38N6S. The van der Waals surface area contributed by atoms with Gasteiger partial charge in [0.2, 0.25) is 0 Å². The predicted octanol–water partition coefficient (Wildman–Crippen LogP) is 11.6. The summed E-state index contributed by atoms with van der Waals surface area (Å²) in [7, 11) is 0. The minimum Gasteiger partial charge on any atom is -0.387 e. The normalized spacial score (nSPS) is 21.0. The van der Waals surface area contributed by atoms with Crippen molar-refractivity contribution in [2.75, 3.05) is 6.54 Å². The topological polar surface area (TPSA) is 47.9 Å². The molecule has 9 aromatic rings. The fourth-order valence-electron chi connectivity index (χ4n) is 9.29. The van der Waals surface area contributed by atoms with Gasteiger partial charge in [-0.05, 0) is 87.6 Å². The Morgan fingerprint density at radius 2 is 1.26 bits per heavy atom. The molecule has 2 N–H and O–H groups in total. The van der Waals surface area contributed by atoms with E-state index < -0.39 is 0 Å². The number of rotatable bonds is 7. The first kappa shape index (κ1) is 33.5. The van der Waals surface area contributed by atoms with Gasteiger partial charge in [0.25, 0.3) is 0 Å². The van der Waals surface area contributed by atoms with Crippen molar-refractivity contribution in [3.05, 3.63) is 205 Å². The van der Waals surface area contributed by atoms with Crippen molar-refractivity contribution in [1.82, 2.24) is 30.2 Å². The number of pyridine rings is 1. The molecule has 0 saturated carbocycles. The highest BCUT2D eigenvalue weighted by molar-refractivity contribution is 7.24. The van der Waals surface area contributed by atoms with Gasteiger partial charge in [-0.1, -0.05) is 127 Å². The molecule has 2 fully saturated rings. The lowest BCUT2D eigenvalue weighted by Gasteiger charge is -2.23. The first-order chi connectivity index (χ1) is 28.8. The molecule has 0 spiro atoms. The average Bonchev–Trinajstić information content (AvgIpc) is 3.54. The summed E-state index contributed by atoms with van der Waals surface area (Å²) in [5.41, 5.74) is 13.6. The smallest absolute Gasteiger partial charge is 0.119 e. The molecule has 5 unspecified atom stereocenters. The maximum atomic E-state index is 4.20. The first-order valence-electron chi connectivity index (χ1n) is 19.9. The van der Waals surface area contributed by atoms with E-state index in [9.17, 15) is 0 Å². The molecule has 6 heterocycles. The highest BCUT2D eigenvalue weighted by atomic mass is 32.1. The number of fused-ring (bicyclic) bond motifs is 6. The quantitative estimate of drug-likeness (QED) is 0.158. The maximum Gasteiger partial charge on any atom is 0.119 e. The van der Waals surface area contributed by atoms with Gasteiger partial charge in [-0.15, -0.1) is 11.3 Å². The molecule has 12 rings (SSSR count). The van der Waals surface area contributed by atoms with Gasteiger partial charge in [0.05, 0.1) is 11.0 Å². The third-order valence-electron chi connectivity index (χ3n) is 12.0. The van der Waals surface area contributed by atoms with E-state index in [0.29, 0.717) is 0 Å². The number of para-hydroxylation sites is 1. The molecule has 0 aliphatic carbocycles. The number of thiophene rings is 1. The van der Waals surface area contributed by atoms with E-state index in [1.165, 1.54) is 81.3 Å². The molecule has 278 valence electrons. The van der Waals surface area contributed by atoms with E-state index in [-0.39, 0.29) is 18.5 Å². The van der Waals surface area contributed by atoms with Gasteiger partial charge in [0.15, 0.2) is 0 Å². The number of benzene rings is 6. The molecule has 0 amide bonds. The summed E-state index contributed by atoms with van der Waals surface area (Å²) < 4.78 is 3.77. The molecule has 3 aliphatic rings. The number of dihydropyridines is 1.